The van der Waals surface area contributed by atoms with Gasteiger partial charge in [0.25, 0.3) is 5.91 Å². The van der Waals surface area contributed by atoms with Gasteiger partial charge < -0.3 is 24.6 Å². The molecule has 3 amide bonds. The zero-order valence-electron chi connectivity index (χ0n) is 34.8. The molecule has 8 nitrogen and oxygen atoms in total. The molecule has 1 aromatic carbocycles. The molecule has 0 aliphatic heterocycles. The monoisotopic (exact) mass is 763 g/mol. The number of furan rings is 1. The van der Waals surface area contributed by atoms with Crippen molar-refractivity contribution in [2.45, 2.75) is 130 Å². The Labute approximate surface area is 342 Å². The number of carbonyl (C=O) groups is 3. The number of hydrogen-bond acceptors (Lipinski definition) is 5. The molecule has 2 aromatic rings. The van der Waals surface area contributed by atoms with Gasteiger partial charge in [0, 0.05) is 28.0 Å². The lowest BCUT2D eigenvalue weighted by molar-refractivity contribution is -0.143. The van der Waals surface area contributed by atoms with Crippen LogP contribution in [0.2, 0.25) is 5.02 Å². The summed E-state index contributed by atoms with van der Waals surface area (Å²) in [6.07, 6.45) is 11.0. The maximum absolute atomic E-state index is 14.7. The van der Waals surface area contributed by atoms with E-state index < -0.39 is 40.6 Å². The third kappa shape index (κ3) is 13.8. The topological polar surface area (TPSA) is 103 Å². The number of benzene rings is 1. The van der Waals surface area contributed by atoms with E-state index in [4.69, 9.17) is 55.2 Å². The van der Waals surface area contributed by atoms with Gasteiger partial charge in [-0.2, -0.15) is 0 Å². The van der Waals surface area contributed by atoms with Crippen LogP contribution in [-0.4, -0.2) is 101 Å². The summed E-state index contributed by atoms with van der Waals surface area (Å²) < 4.78 is 6.13. The fourth-order valence-corrected chi connectivity index (χ4v) is 6.36. The minimum absolute atomic E-state index is 0.0504. The first kappa shape index (κ1) is 50.0. The summed E-state index contributed by atoms with van der Waals surface area (Å²) in [5.41, 5.74) is -1.71. The lowest BCUT2D eigenvalue weighted by atomic mass is 9.46. The van der Waals surface area contributed by atoms with Gasteiger partial charge in [-0.25, -0.2) is 0 Å². The molecule has 3 atom stereocenters. The van der Waals surface area contributed by atoms with Crippen LogP contribution in [0.15, 0.2) is 58.6 Å². The average Bonchev–Trinajstić information content (AvgIpc) is 3.48. The van der Waals surface area contributed by atoms with Crippen LogP contribution in [0.4, 0.5) is 0 Å². The number of nitrogens with one attached hydrogen (secondary N) is 1. The van der Waals surface area contributed by atoms with Crippen LogP contribution in [0, 0.1) is 11.8 Å². The van der Waals surface area contributed by atoms with Crippen molar-refractivity contribution in [3.63, 3.8) is 0 Å². The third-order valence-corrected chi connectivity index (χ3v) is 10.3. The van der Waals surface area contributed by atoms with Crippen molar-refractivity contribution >= 4 is 79.5 Å². The Hall–Kier alpha value is -3.04. The number of fused-ring (bicyclic) bond motifs is 1. The van der Waals surface area contributed by atoms with Crippen molar-refractivity contribution in [3.05, 3.63) is 70.5 Å². The second-order valence-electron chi connectivity index (χ2n) is 15.0. The Bertz CT molecular complexity index is 1650. The molecule has 0 spiro atoms. The lowest BCUT2D eigenvalue weighted by Gasteiger charge is -2.48. The molecule has 290 valence electrons. The number of rotatable bonds is 19. The summed E-state index contributed by atoms with van der Waals surface area (Å²) in [7, 11) is 28.6. The second kappa shape index (κ2) is 22.0. The predicted molar refractivity (Wildman–Crippen MR) is 232 cm³/mol. The number of amides is 3. The number of carbonyl (C=O) groups excluding carboxylic acids is 3. The lowest BCUT2D eigenvalue weighted by Crippen LogP contribution is -2.68. The Morgan fingerprint density at radius 2 is 1.65 bits per heavy atom. The third-order valence-electron chi connectivity index (χ3n) is 10.1. The Morgan fingerprint density at radius 1 is 1.04 bits per heavy atom. The van der Waals surface area contributed by atoms with Crippen LogP contribution in [0.5, 0.6) is 0 Å². The van der Waals surface area contributed by atoms with Crippen LogP contribution in [0.1, 0.15) is 130 Å². The molecule has 1 heterocycles. The first-order valence-corrected chi connectivity index (χ1v) is 19.6. The van der Waals surface area contributed by atoms with Crippen LogP contribution in [-0.2, 0) is 9.59 Å². The molecular formula is C41H59B5ClN3O5. The van der Waals surface area contributed by atoms with Gasteiger partial charge in [0.15, 0.2) is 5.76 Å². The van der Waals surface area contributed by atoms with Gasteiger partial charge in [-0.1, -0.05) is 116 Å². The van der Waals surface area contributed by atoms with Gasteiger partial charge in [0.2, 0.25) is 11.8 Å². The van der Waals surface area contributed by atoms with E-state index in [9.17, 15) is 19.5 Å². The molecule has 0 aliphatic carbocycles. The number of nitrogens with zero attached hydrogens (tertiary/aromatic N) is 2. The van der Waals surface area contributed by atoms with E-state index in [-0.39, 0.29) is 35.5 Å². The highest BCUT2D eigenvalue weighted by atomic mass is 35.5. The molecule has 3 unspecified atom stereocenters. The average molecular weight is 763 g/mol. The zero-order valence-corrected chi connectivity index (χ0v) is 35.6. The van der Waals surface area contributed by atoms with E-state index in [0.29, 0.717) is 28.0 Å². The second-order valence-corrected chi connectivity index (χ2v) is 15.5. The molecule has 0 bridgehead atoms. The maximum Gasteiger partial charge on any atom is 0.291 e. The van der Waals surface area contributed by atoms with Gasteiger partial charge in [-0.3, -0.25) is 14.4 Å². The molecule has 0 saturated carbocycles. The Balaban J connectivity index is 0.00000196. The Kier molecular flexibility index (Phi) is 20.0. The van der Waals surface area contributed by atoms with Crippen LogP contribution in [0.3, 0.4) is 0 Å². The number of unbranched alkanes of at least 4 members (excludes halogenated alkanes) is 1. The fourth-order valence-electron chi connectivity index (χ4n) is 6.19. The van der Waals surface area contributed by atoms with Crippen molar-refractivity contribution in [1.29, 1.82) is 0 Å². The van der Waals surface area contributed by atoms with Crippen molar-refractivity contribution < 1.29 is 23.9 Å². The SMILES string of the molecule is CCCCC(C)C.[B]C([B])([B])N(C(=O)CN(C(=O)c1oc2ccc(Cl)cc2c1C(C)CC)C(C)(CC)C(=O)NC/C(=C(C)/C=C\C=C)C(C)CC)C([B])([B])O. The standard InChI is InChI=1S/C34H43B5ClN3O5.C7H16/c1-9-13-14-22(7)25(20(5)10-2)18-41-31(46)32(8,12-4)42(19-27(44)43(33(35,36)37)34(38,39)47)30(45)29-28(21(6)11-3)24-17-23(40)15-16-26(24)48-29;1-4-5-6-7(2)3/h9,13-17,20-21,47H,1,10-12,18-19H2,2-8H3,(H,41,46);7H,4-6H2,1-3H3/b14-13-,25-22-;. The highest BCUT2D eigenvalue weighted by Gasteiger charge is 2.46. The van der Waals surface area contributed by atoms with Gasteiger partial charge in [-0.15, -0.1) is 0 Å². The molecule has 55 heavy (non-hydrogen) atoms. The van der Waals surface area contributed by atoms with E-state index in [0.717, 1.165) is 28.4 Å². The summed E-state index contributed by atoms with van der Waals surface area (Å²) >= 11 is 6.32. The normalized spacial score (nSPS) is 14.7. The maximum atomic E-state index is 14.7. The van der Waals surface area contributed by atoms with E-state index >= 15 is 0 Å². The molecule has 2 N–H and O–H groups in total. The summed E-state index contributed by atoms with van der Waals surface area (Å²) in [6, 6.07) is 4.97. The summed E-state index contributed by atoms with van der Waals surface area (Å²) in [5, 5.41) is 11.9. The van der Waals surface area contributed by atoms with Crippen molar-refractivity contribution in [3.8, 4) is 0 Å². The predicted octanol–water partition coefficient (Wildman–Crippen LogP) is 7.15. The van der Waals surface area contributed by atoms with Gasteiger partial charge in [-0.05, 0) is 80.2 Å². The number of allylic oxidation sites excluding steroid dienone is 4. The molecule has 10 radical (unpaired) electrons. The molecular weight excluding hydrogens is 704 g/mol. The van der Waals surface area contributed by atoms with Crippen molar-refractivity contribution in [2.24, 2.45) is 11.8 Å². The zero-order chi connectivity index (χ0) is 42.5. The highest BCUT2D eigenvalue weighted by molar-refractivity contribution is 6.60. The van der Waals surface area contributed by atoms with Crippen LogP contribution in [0.25, 0.3) is 11.0 Å². The van der Waals surface area contributed by atoms with E-state index in [2.05, 4.69) is 39.6 Å². The van der Waals surface area contributed by atoms with Crippen molar-refractivity contribution in [2.75, 3.05) is 13.1 Å². The molecule has 2 rings (SSSR count). The number of aliphatic hydroxyl groups is 1. The fraction of sp³-hybridized carbons (Fsp3) is 0.585. The van der Waals surface area contributed by atoms with E-state index in [1.807, 2.05) is 39.8 Å². The molecule has 14 heteroatoms. The minimum Gasteiger partial charge on any atom is -0.451 e. The smallest absolute Gasteiger partial charge is 0.291 e. The largest absolute Gasteiger partial charge is 0.451 e. The molecule has 0 aliphatic rings. The molecule has 0 fully saturated rings. The number of halogens is 1. The number of hydrogen-bond donors (Lipinski definition) is 2. The summed E-state index contributed by atoms with van der Waals surface area (Å²) in [6.45, 7) is 22.9. The quantitative estimate of drug-likeness (QED) is 0.0900. The first-order chi connectivity index (χ1) is 25.5. The van der Waals surface area contributed by atoms with Crippen LogP contribution < -0.4 is 5.32 Å². The minimum atomic E-state index is -2.92. The van der Waals surface area contributed by atoms with E-state index in [1.165, 1.54) is 26.2 Å². The molecule has 1 aromatic heterocycles. The Morgan fingerprint density at radius 3 is 2.11 bits per heavy atom. The van der Waals surface area contributed by atoms with E-state index in [1.54, 1.807) is 31.2 Å². The summed E-state index contributed by atoms with van der Waals surface area (Å²) in [5.74, 6) is -1.72. The molecule has 0 saturated heterocycles. The van der Waals surface area contributed by atoms with Gasteiger partial charge >= 0.3 is 0 Å². The summed E-state index contributed by atoms with van der Waals surface area (Å²) in [4.78, 5) is 44.1. The van der Waals surface area contributed by atoms with Gasteiger partial charge in [0.1, 0.15) is 33.4 Å². The highest BCUT2D eigenvalue weighted by Crippen LogP contribution is 2.37. The van der Waals surface area contributed by atoms with Gasteiger partial charge in [0.05, 0.1) is 23.5 Å². The van der Waals surface area contributed by atoms with Crippen LogP contribution >= 0.6 is 11.6 Å². The first-order valence-electron chi connectivity index (χ1n) is 19.3. The van der Waals surface area contributed by atoms with Crippen molar-refractivity contribution in [1.82, 2.24) is 15.1 Å².